The van der Waals surface area contributed by atoms with Crippen LogP contribution in [0.15, 0.2) is 48.8 Å². The fourth-order valence-corrected chi connectivity index (χ4v) is 3.57. The molecule has 154 valence electrons. The van der Waals surface area contributed by atoms with Crippen molar-refractivity contribution in [3.63, 3.8) is 0 Å². The zero-order valence-electron chi connectivity index (χ0n) is 16.3. The number of hydrogen-bond donors (Lipinski definition) is 0. The molecule has 0 N–H and O–H groups in total. The number of halogens is 2. The molecule has 1 aliphatic rings. The normalized spacial score (nSPS) is 15.0. The molecule has 2 aromatic rings. The van der Waals surface area contributed by atoms with Gasteiger partial charge < -0.3 is 9.64 Å². The van der Waals surface area contributed by atoms with Crippen LogP contribution in [0.2, 0.25) is 10.0 Å². The van der Waals surface area contributed by atoms with E-state index in [2.05, 4.69) is 9.88 Å². The van der Waals surface area contributed by atoms with Crippen LogP contribution in [0.1, 0.15) is 17.5 Å². The topological polar surface area (TPSA) is 45.7 Å². The van der Waals surface area contributed by atoms with E-state index in [9.17, 15) is 4.79 Å². The zero-order valence-corrected chi connectivity index (χ0v) is 17.8. The summed E-state index contributed by atoms with van der Waals surface area (Å²) in [5.41, 5.74) is 1.78. The Balaban J connectivity index is 1.64. The molecule has 0 unspecified atom stereocenters. The predicted molar refractivity (Wildman–Crippen MR) is 117 cm³/mol. The zero-order chi connectivity index (χ0) is 20.5. The molecule has 1 amide bonds. The van der Waals surface area contributed by atoms with Gasteiger partial charge in [-0.3, -0.25) is 14.7 Å². The van der Waals surface area contributed by atoms with E-state index in [4.69, 9.17) is 27.9 Å². The van der Waals surface area contributed by atoms with Gasteiger partial charge in [0, 0.05) is 51.2 Å². The maximum Gasteiger partial charge on any atom is 0.246 e. The summed E-state index contributed by atoms with van der Waals surface area (Å²) in [6.45, 7) is 5.63. The van der Waals surface area contributed by atoms with Gasteiger partial charge in [0.15, 0.2) is 0 Å². The van der Waals surface area contributed by atoms with Crippen molar-refractivity contribution in [3.05, 3.63) is 70.0 Å². The van der Waals surface area contributed by atoms with Gasteiger partial charge >= 0.3 is 0 Å². The van der Waals surface area contributed by atoms with Crippen molar-refractivity contribution in [1.29, 1.82) is 0 Å². The molecule has 1 aliphatic heterocycles. The van der Waals surface area contributed by atoms with Gasteiger partial charge in [-0.05, 0) is 41.8 Å². The fraction of sp³-hybridized carbons (Fsp3) is 0.364. The van der Waals surface area contributed by atoms with Crippen molar-refractivity contribution >= 4 is 35.2 Å². The number of aromatic nitrogens is 1. The van der Waals surface area contributed by atoms with Crippen LogP contribution in [0.5, 0.6) is 0 Å². The van der Waals surface area contributed by atoms with Crippen LogP contribution in [0.3, 0.4) is 0 Å². The monoisotopic (exact) mass is 433 g/mol. The number of morpholine rings is 1. The van der Waals surface area contributed by atoms with E-state index in [-0.39, 0.29) is 5.91 Å². The fourth-order valence-electron chi connectivity index (χ4n) is 3.20. The molecule has 1 fully saturated rings. The molecular weight excluding hydrogens is 409 g/mol. The average molecular weight is 434 g/mol. The van der Waals surface area contributed by atoms with E-state index in [1.807, 2.05) is 29.2 Å². The third-order valence-corrected chi connectivity index (χ3v) is 5.66. The molecule has 7 heteroatoms. The third kappa shape index (κ3) is 6.82. The molecule has 0 aliphatic carbocycles. The summed E-state index contributed by atoms with van der Waals surface area (Å²) >= 11 is 12.3. The maximum absolute atomic E-state index is 12.9. The SMILES string of the molecule is O=C(/C=C\c1cccc(Cl)c1Cl)N(CCCN1CCOCC1)Cc1ccncc1. The van der Waals surface area contributed by atoms with Gasteiger partial charge in [0.25, 0.3) is 0 Å². The van der Waals surface area contributed by atoms with Crippen LogP contribution in [-0.2, 0) is 16.1 Å². The molecule has 5 nitrogen and oxygen atoms in total. The van der Waals surface area contributed by atoms with Crippen LogP contribution in [0.4, 0.5) is 0 Å². The van der Waals surface area contributed by atoms with Gasteiger partial charge in [0.2, 0.25) is 5.91 Å². The van der Waals surface area contributed by atoms with Gasteiger partial charge in [-0.1, -0.05) is 35.3 Å². The first-order valence-corrected chi connectivity index (χ1v) is 10.5. The van der Waals surface area contributed by atoms with Gasteiger partial charge in [-0.25, -0.2) is 0 Å². The standard InChI is InChI=1S/C22H25Cl2N3O2/c23-20-4-1-3-19(22(20)24)5-6-21(28)27(17-18-7-9-25-10-8-18)12-2-11-26-13-15-29-16-14-26/h1,3-10H,2,11-17H2/b6-5-. The minimum atomic E-state index is -0.0557. The van der Waals surface area contributed by atoms with Crippen molar-refractivity contribution in [3.8, 4) is 0 Å². The van der Waals surface area contributed by atoms with E-state index in [0.29, 0.717) is 23.1 Å². The smallest absolute Gasteiger partial charge is 0.246 e. The number of carbonyl (C=O) groups excluding carboxylic acids is 1. The lowest BCUT2D eigenvalue weighted by molar-refractivity contribution is -0.126. The van der Waals surface area contributed by atoms with Crippen LogP contribution in [-0.4, -0.2) is 60.1 Å². The predicted octanol–water partition coefficient (Wildman–Crippen LogP) is 4.15. The molecule has 1 aromatic carbocycles. The number of hydrogen-bond acceptors (Lipinski definition) is 4. The average Bonchev–Trinajstić information content (AvgIpc) is 2.75. The lowest BCUT2D eigenvalue weighted by Gasteiger charge is -2.28. The second-order valence-electron chi connectivity index (χ2n) is 6.90. The molecular formula is C22H25Cl2N3O2. The van der Waals surface area contributed by atoms with Crippen LogP contribution in [0, 0.1) is 0 Å². The molecule has 3 rings (SSSR count). The van der Waals surface area contributed by atoms with Crippen LogP contribution in [0.25, 0.3) is 6.08 Å². The molecule has 0 saturated carbocycles. The first-order chi connectivity index (χ1) is 14.1. The summed E-state index contributed by atoms with van der Waals surface area (Å²) in [5.74, 6) is -0.0557. The van der Waals surface area contributed by atoms with Crippen molar-refractivity contribution < 1.29 is 9.53 Å². The van der Waals surface area contributed by atoms with Crippen LogP contribution < -0.4 is 0 Å². The summed E-state index contributed by atoms with van der Waals surface area (Å²) in [7, 11) is 0. The highest BCUT2D eigenvalue weighted by atomic mass is 35.5. The van der Waals surface area contributed by atoms with E-state index < -0.39 is 0 Å². The molecule has 0 spiro atoms. The van der Waals surface area contributed by atoms with E-state index in [0.717, 1.165) is 50.4 Å². The molecule has 0 bridgehead atoms. The minimum Gasteiger partial charge on any atom is -0.379 e. The number of pyridine rings is 1. The van der Waals surface area contributed by atoms with Crippen molar-refractivity contribution in [2.45, 2.75) is 13.0 Å². The number of carbonyl (C=O) groups is 1. The Labute approximate surface area is 181 Å². The highest BCUT2D eigenvalue weighted by molar-refractivity contribution is 6.42. The first kappa shape index (κ1) is 21.8. The largest absolute Gasteiger partial charge is 0.379 e. The lowest BCUT2D eigenvalue weighted by Crippen LogP contribution is -2.38. The summed E-state index contributed by atoms with van der Waals surface area (Å²) < 4.78 is 5.39. The van der Waals surface area contributed by atoms with Gasteiger partial charge in [-0.2, -0.15) is 0 Å². The highest BCUT2D eigenvalue weighted by Crippen LogP contribution is 2.26. The van der Waals surface area contributed by atoms with Gasteiger partial charge in [-0.15, -0.1) is 0 Å². The summed E-state index contributed by atoms with van der Waals surface area (Å²) in [6, 6.07) is 9.24. The summed E-state index contributed by atoms with van der Waals surface area (Å²) in [6.07, 6.45) is 7.68. The molecule has 2 heterocycles. The molecule has 1 saturated heterocycles. The number of amides is 1. The summed E-state index contributed by atoms with van der Waals surface area (Å²) in [5, 5.41) is 0.923. The Hall–Kier alpha value is -1.92. The number of nitrogens with zero attached hydrogens (tertiary/aromatic N) is 3. The molecule has 0 atom stereocenters. The first-order valence-electron chi connectivity index (χ1n) is 9.73. The molecule has 0 radical (unpaired) electrons. The Morgan fingerprint density at radius 3 is 2.69 bits per heavy atom. The Morgan fingerprint density at radius 2 is 1.93 bits per heavy atom. The molecule has 1 aromatic heterocycles. The minimum absolute atomic E-state index is 0.0557. The Kier molecular flexibility index (Phi) is 8.50. The second kappa shape index (κ2) is 11.3. The lowest BCUT2D eigenvalue weighted by atomic mass is 10.2. The van der Waals surface area contributed by atoms with E-state index in [1.165, 1.54) is 0 Å². The third-order valence-electron chi connectivity index (χ3n) is 4.83. The van der Waals surface area contributed by atoms with Crippen molar-refractivity contribution in [2.75, 3.05) is 39.4 Å². The second-order valence-corrected chi connectivity index (χ2v) is 7.68. The van der Waals surface area contributed by atoms with E-state index >= 15 is 0 Å². The number of benzene rings is 1. The van der Waals surface area contributed by atoms with Gasteiger partial charge in [0.05, 0.1) is 23.3 Å². The summed E-state index contributed by atoms with van der Waals surface area (Å²) in [4.78, 5) is 21.2. The number of ether oxygens (including phenoxy) is 1. The highest BCUT2D eigenvalue weighted by Gasteiger charge is 2.14. The maximum atomic E-state index is 12.9. The molecule has 29 heavy (non-hydrogen) atoms. The van der Waals surface area contributed by atoms with Crippen molar-refractivity contribution in [2.24, 2.45) is 0 Å². The van der Waals surface area contributed by atoms with Crippen molar-refractivity contribution in [1.82, 2.24) is 14.8 Å². The number of rotatable bonds is 8. The Bertz CT molecular complexity index is 824. The Morgan fingerprint density at radius 1 is 1.17 bits per heavy atom. The quantitative estimate of drug-likeness (QED) is 0.586. The van der Waals surface area contributed by atoms with E-state index in [1.54, 1.807) is 30.6 Å². The van der Waals surface area contributed by atoms with Crippen LogP contribution >= 0.6 is 23.2 Å². The van der Waals surface area contributed by atoms with Gasteiger partial charge in [0.1, 0.15) is 0 Å².